The molecule has 3 heterocycles. The van der Waals surface area contributed by atoms with Crippen LogP contribution in [0.15, 0.2) is 59.1 Å². The molecule has 0 aliphatic carbocycles. The molecule has 2 aromatic heterocycles. The van der Waals surface area contributed by atoms with Gasteiger partial charge in [0.05, 0.1) is 31.3 Å². The highest BCUT2D eigenvalue weighted by atomic mass is 16.5. The Morgan fingerprint density at radius 2 is 1.87 bits per heavy atom. The molecule has 5 rings (SSSR count). The van der Waals surface area contributed by atoms with Crippen molar-refractivity contribution in [1.82, 2.24) is 20.0 Å². The van der Waals surface area contributed by atoms with Crippen molar-refractivity contribution >= 4 is 10.9 Å². The molecule has 1 fully saturated rings. The van der Waals surface area contributed by atoms with Crippen molar-refractivity contribution < 1.29 is 14.0 Å². The van der Waals surface area contributed by atoms with E-state index in [9.17, 15) is 0 Å². The second kappa shape index (κ2) is 8.35. The summed E-state index contributed by atoms with van der Waals surface area (Å²) >= 11 is 0. The van der Waals surface area contributed by atoms with Gasteiger partial charge < -0.3 is 14.0 Å². The zero-order valence-electron chi connectivity index (χ0n) is 17.6. The minimum Gasteiger partial charge on any atom is -0.497 e. The Balaban J connectivity index is 1.26. The van der Waals surface area contributed by atoms with Crippen LogP contribution in [0.25, 0.3) is 22.3 Å². The van der Waals surface area contributed by atoms with Crippen LogP contribution in [0.3, 0.4) is 0 Å². The maximum Gasteiger partial charge on any atom is 0.231 e. The van der Waals surface area contributed by atoms with Gasteiger partial charge in [0.2, 0.25) is 11.7 Å². The van der Waals surface area contributed by atoms with Gasteiger partial charge in [0, 0.05) is 24.0 Å². The quantitative estimate of drug-likeness (QED) is 0.464. The molecule has 1 aliphatic heterocycles. The Kier molecular flexibility index (Phi) is 5.26. The van der Waals surface area contributed by atoms with Gasteiger partial charge in [0.1, 0.15) is 11.5 Å². The van der Waals surface area contributed by atoms with Crippen LogP contribution >= 0.6 is 0 Å². The maximum atomic E-state index is 5.60. The molecule has 0 radical (unpaired) electrons. The fraction of sp³-hybridized carbons (Fsp3) is 0.292. The smallest absolute Gasteiger partial charge is 0.231 e. The Morgan fingerprint density at radius 1 is 1.00 bits per heavy atom. The third-order valence-electron chi connectivity index (χ3n) is 5.73. The first-order valence-corrected chi connectivity index (χ1v) is 10.4. The summed E-state index contributed by atoms with van der Waals surface area (Å²) in [6, 6.07) is 17.8. The molecule has 0 bridgehead atoms. The van der Waals surface area contributed by atoms with Crippen molar-refractivity contribution in [1.29, 1.82) is 0 Å². The van der Waals surface area contributed by atoms with Crippen LogP contribution in [0, 0.1) is 0 Å². The number of rotatable bonds is 6. The molecular weight excluding hydrogens is 392 g/mol. The van der Waals surface area contributed by atoms with Gasteiger partial charge in [-0.25, -0.2) is 0 Å². The standard InChI is InChI=1S/C24H24N4O3/c1-29-20-5-3-4-17(13-20)23-26-24(31-27-23)18-10-11-28(14-18)15-19-7-6-16-12-21(30-2)8-9-22(16)25-19/h3-9,12-13,18H,10-11,14-15H2,1-2H3. The highest BCUT2D eigenvalue weighted by Crippen LogP contribution is 2.29. The topological polar surface area (TPSA) is 73.5 Å². The van der Waals surface area contributed by atoms with Gasteiger partial charge in [-0.15, -0.1) is 0 Å². The minimum atomic E-state index is 0.233. The number of hydrogen-bond donors (Lipinski definition) is 0. The molecule has 1 atom stereocenters. The van der Waals surface area contributed by atoms with E-state index in [1.165, 1.54) is 0 Å². The van der Waals surface area contributed by atoms with E-state index in [4.69, 9.17) is 19.0 Å². The zero-order chi connectivity index (χ0) is 21.2. The van der Waals surface area contributed by atoms with Crippen LogP contribution in [0.5, 0.6) is 11.5 Å². The van der Waals surface area contributed by atoms with Gasteiger partial charge in [-0.3, -0.25) is 9.88 Å². The molecule has 0 N–H and O–H groups in total. The van der Waals surface area contributed by atoms with Crippen molar-refractivity contribution in [2.24, 2.45) is 0 Å². The highest BCUT2D eigenvalue weighted by Gasteiger charge is 2.28. The van der Waals surface area contributed by atoms with E-state index in [1.807, 2.05) is 42.5 Å². The normalized spacial score (nSPS) is 16.6. The van der Waals surface area contributed by atoms with Gasteiger partial charge in [0.25, 0.3) is 0 Å². The summed E-state index contributed by atoms with van der Waals surface area (Å²) in [7, 11) is 3.32. The zero-order valence-corrected chi connectivity index (χ0v) is 17.6. The van der Waals surface area contributed by atoms with E-state index in [-0.39, 0.29) is 5.92 Å². The Hall–Kier alpha value is -3.45. The fourth-order valence-electron chi connectivity index (χ4n) is 4.05. The lowest BCUT2D eigenvalue weighted by Gasteiger charge is -2.15. The lowest BCUT2D eigenvalue weighted by molar-refractivity contribution is 0.306. The first-order valence-electron chi connectivity index (χ1n) is 10.4. The largest absolute Gasteiger partial charge is 0.497 e. The first-order chi connectivity index (χ1) is 15.2. The average Bonchev–Trinajstić information content (AvgIpc) is 3.48. The van der Waals surface area contributed by atoms with Crippen molar-refractivity contribution in [3.05, 3.63) is 66.2 Å². The molecule has 7 nitrogen and oxygen atoms in total. The van der Waals surface area contributed by atoms with Crippen molar-refractivity contribution in [2.75, 3.05) is 27.3 Å². The van der Waals surface area contributed by atoms with E-state index in [1.54, 1.807) is 14.2 Å². The molecule has 31 heavy (non-hydrogen) atoms. The summed E-state index contributed by atoms with van der Waals surface area (Å²) in [4.78, 5) is 11.8. The number of ether oxygens (including phenoxy) is 2. The third-order valence-corrected chi connectivity index (χ3v) is 5.73. The molecular formula is C24H24N4O3. The number of methoxy groups -OCH3 is 2. The van der Waals surface area contributed by atoms with Crippen molar-refractivity contribution in [2.45, 2.75) is 18.9 Å². The van der Waals surface area contributed by atoms with E-state index < -0.39 is 0 Å². The molecule has 4 aromatic rings. The van der Waals surface area contributed by atoms with Crippen LogP contribution in [0.4, 0.5) is 0 Å². The number of pyridine rings is 1. The minimum absolute atomic E-state index is 0.233. The predicted octanol–water partition coefficient (Wildman–Crippen LogP) is 4.29. The van der Waals surface area contributed by atoms with Gasteiger partial charge in [-0.05, 0) is 49.4 Å². The van der Waals surface area contributed by atoms with E-state index in [2.05, 4.69) is 27.2 Å². The summed E-state index contributed by atoms with van der Waals surface area (Å²) < 4.78 is 16.2. The third kappa shape index (κ3) is 4.09. The van der Waals surface area contributed by atoms with Crippen molar-refractivity contribution in [3.63, 3.8) is 0 Å². The Labute approximate surface area is 180 Å². The van der Waals surface area contributed by atoms with E-state index in [0.29, 0.717) is 11.7 Å². The van der Waals surface area contributed by atoms with E-state index in [0.717, 1.165) is 59.7 Å². The van der Waals surface area contributed by atoms with Crippen LogP contribution < -0.4 is 9.47 Å². The summed E-state index contributed by atoms with van der Waals surface area (Å²) in [6.45, 7) is 2.65. The summed E-state index contributed by atoms with van der Waals surface area (Å²) in [5, 5.41) is 5.26. The maximum absolute atomic E-state index is 5.60. The van der Waals surface area contributed by atoms with E-state index >= 15 is 0 Å². The molecule has 2 aromatic carbocycles. The second-order valence-electron chi connectivity index (χ2n) is 7.77. The molecule has 158 valence electrons. The molecule has 0 spiro atoms. The van der Waals surface area contributed by atoms with Crippen molar-refractivity contribution in [3.8, 4) is 22.9 Å². The van der Waals surface area contributed by atoms with Crippen LogP contribution in [0.2, 0.25) is 0 Å². The van der Waals surface area contributed by atoms with Crippen LogP contribution in [0.1, 0.15) is 23.9 Å². The SMILES string of the molecule is COc1cccc(-c2noc(C3CCN(Cc4ccc5cc(OC)ccc5n4)C3)n2)c1. The molecule has 0 amide bonds. The second-order valence-corrected chi connectivity index (χ2v) is 7.77. The molecule has 1 saturated heterocycles. The van der Waals surface area contributed by atoms with Gasteiger partial charge >= 0.3 is 0 Å². The van der Waals surface area contributed by atoms with Gasteiger partial charge in [-0.1, -0.05) is 23.4 Å². The number of hydrogen-bond acceptors (Lipinski definition) is 7. The number of likely N-dealkylation sites (tertiary alicyclic amines) is 1. The Bertz CT molecular complexity index is 1210. The first kappa shape index (κ1) is 19.5. The van der Waals surface area contributed by atoms with Gasteiger partial charge in [0.15, 0.2) is 0 Å². The lowest BCUT2D eigenvalue weighted by atomic mass is 10.1. The monoisotopic (exact) mass is 416 g/mol. The summed E-state index contributed by atoms with van der Waals surface area (Å²) in [6.07, 6.45) is 0.991. The number of benzene rings is 2. The molecule has 1 unspecified atom stereocenters. The van der Waals surface area contributed by atoms with Gasteiger partial charge in [-0.2, -0.15) is 4.98 Å². The fourth-order valence-corrected chi connectivity index (χ4v) is 4.05. The average molecular weight is 416 g/mol. The van der Waals surface area contributed by atoms with Crippen LogP contribution in [-0.4, -0.2) is 47.3 Å². The van der Waals surface area contributed by atoms with Crippen LogP contribution in [-0.2, 0) is 6.54 Å². The number of nitrogens with zero attached hydrogens (tertiary/aromatic N) is 4. The summed E-state index contributed by atoms with van der Waals surface area (Å²) in [5.74, 6) is 3.14. The number of aromatic nitrogens is 3. The summed E-state index contributed by atoms with van der Waals surface area (Å²) in [5.41, 5.74) is 2.93. The molecule has 7 heteroatoms. The Morgan fingerprint density at radius 3 is 2.74 bits per heavy atom. The molecule has 1 aliphatic rings. The molecule has 0 saturated carbocycles. The predicted molar refractivity (Wildman–Crippen MR) is 117 cm³/mol. The highest BCUT2D eigenvalue weighted by molar-refractivity contribution is 5.80. The number of fused-ring (bicyclic) bond motifs is 1. The lowest BCUT2D eigenvalue weighted by Crippen LogP contribution is -2.20.